The van der Waals surface area contributed by atoms with Crippen LogP contribution in [0, 0.1) is 0 Å². The molecule has 1 atom stereocenters. The number of nitrogens with zero attached hydrogens (tertiary/aromatic N) is 1. The molecule has 1 unspecified atom stereocenters. The number of anilines is 3. The summed E-state index contributed by atoms with van der Waals surface area (Å²) < 4.78 is 2.20. The Morgan fingerprint density at radius 1 is 0.738 bits per heavy atom. The molecule has 4 aromatic carbocycles. The quantitative estimate of drug-likeness (QED) is 0.216. The first-order chi connectivity index (χ1) is 19.9. The van der Waals surface area contributed by atoms with Crippen molar-refractivity contribution in [1.29, 1.82) is 0 Å². The Balaban J connectivity index is 1.57. The van der Waals surface area contributed by atoms with Crippen molar-refractivity contribution in [3.63, 3.8) is 0 Å². The molecule has 0 fully saturated rings. The maximum Gasteiger partial charge on any atom is 0.414 e. The summed E-state index contributed by atoms with van der Waals surface area (Å²) in [6, 6.07) is 31.5. The Morgan fingerprint density at radius 2 is 1.38 bits per heavy atom. The molecule has 0 saturated carbocycles. The highest BCUT2D eigenvalue weighted by Crippen LogP contribution is 2.43. The van der Waals surface area contributed by atoms with Gasteiger partial charge in [-0.25, -0.2) is 0 Å². The number of hydrogen-bond acceptors (Lipinski definition) is 2. The monoisotopic (exact) mass is 678 g/mol. The number of benzene rings is 4. The lowest BCUT2D eigenvalue weighted by Gasteiger charge is -2.40. The van der Waals surface area contributed by atoms with Gasteiger partial charge in [-0.3, -0.25) is 0 Å². The Morgan fingerprint density at radius 3 is 1.98 bits per heavy atom. The Kier molecular flexibility index (Phi) is 7.56. The Labute approximate surface area is 268 Å². The van der Waals surface area contributed by atoms with Gasteiger partial charge < -0.3 is 10.0 Å². The fourth-order valence-corrected chi connectivity index (χ4v) is 6.86. The second-order valence-electron chi connectivity index (χ2n) is 13.4. The van der Waals surface area contributed by atoms with E-state index in [1.54, 1.807) is 0 Å². The van der Waals surface area contributed by atoms with E-state index in [9.17, 15) is 0 Å². The number of rotatable bonds is 4. The Hall–Kier alpha value is -3.02. The first-order valence-corrected chi connectivity index (χ1v) is 16.2. The fraction of sp³-hybridized carbons (Fsp3) is 0.243. The van der Waals surface area contributed by atoms with Gasteiger partial charge in [0.25, 0.3) is 0 Å². The zero-order valence-electron chi connectivity index (χ0n) is 25.2. The normalized spacial score (nSPS) is 16.3. The summed E-state index contributed by atoms with van der Waals surface area (Å²) in [5.41, 5.74) is 11.4. The van der Waals surface area contributed by atoms with E-state index in [0.717, 1.165) is 20.3 Å². The van der Waals surface area contributed by atoms with Crippen LogP contribution >= 0.6 is 31.9 Å². The van der Waals surface area contributed by atoms with Gasteiger partial charge in [0.1, 0.15) is 0 Å². The number of fused-ring (bicyclic) bond motifs is 3. The van der Waals surface area contributed by atoms with E-state index in [2.05, 4.69) is 187 Å². The maximum atomic E-state index is 4.00. The smallest absolute Gasteiger partial charge is 0.405 e. The van der Waals surface area contributed by atoms with Crippen molar-refractivity contribution in [2.75, 3.05) is 10.0 Å². The van der Waals surface area contributed by atoms with Crippen LogP contribution in [0.1, 0.15) is 64.2 Å². The molecule has 42 heavy (non-hydrogen) atoms. The van der Waals surface area contributed by atoms with E-state index in [0.29, 0.717) is 0 Å². The molecular formula is C37H37BBr2N2. The summed E-state index contributed by atoms with van der Waals surface area (Å²) in [5.74, 6) is 0.195. The molecule has 2 nitrogen and oxygen atoms in total. The van der Waals surface area contributed by atoms with Gasteiger partial charge in [-0.1, -0.05) is 134 Å². The molecular weight excluding hydrogens is 643 g/mol. The van der Waals surface area contributed by atoms with Crippen LogP contribution in [0.2, 0.25) is 0 Å². The zero-order valence-corrected chi connectivity index (χ0v) is 28.3. The van der Waals surface area contributed by atoms with E-state index >= 15 is 0 Å². The lowest BCUT2D eigenvalue weighted by atomic mass is 9.57. The average molecular weight is 680 g/mol. The number of nitrogens with one attached hydrogen (secondary N) is 1. The van der Waals surface area contributed by atoms with Crippen LogP contribution in [0.4, 0.5) is 17.1 Å². The molecule has 2 aliphatic rings. The molecule has 0 radical (unpaired) electrons. The van der Waals surface area contributed by atoms with Gasteiger partial charge in [-0.2, -0.15) is 0 Å². The van der Waals surface area contributed by atoms with Crippen molar-refractivity contribution >= 4 is 61.4 Å². The second-order valence-corrected chi connectivity index (χ2v) is 15.3. The average Bonchev–Trinajstić information content (AvgIpc) is 3.38. The topological polar surface area (TPSA) is 15.3 Å². The highest BCUT2D eigenvalue weighted by molar-refractivity contribution is 9.12. The second kappa shape index (κ2) is 10.9. The maximum absolute atomic E-state index is 4.00. The lowest BCUT2D eigenvalue weighted by molar-refractivity contribution is 0.590. The number of hydrogen-bond donors (Lipinski definition) is 1. The van der Waals surface area contributed by atoms with Gasteiger partial charge in [-0.05, 0) is 81.0 Å². The van der Waals surface area contributed by atoms with Gasteiger partial charge in [0.2, 0.25) is 0 Å². The Bertz CT molecular complexity index is 1690. The summed E-state index contributed by atoms with van der Waals surface area (Å²) >= 11 is 7.49. The number of halogens is 2. The highest BCUT2D eigenvalue weighted by atomic mass is 79.9. The summed E-state index contributed by atoms with van der Waals surface area (Å²) in [5, 5.41) is 4.00. The van der Waals surface area contributed by atoms with Gasteiger partial charge in [0, 0.05) is 37.5 Å². The largest absolute Gasteiger partial charge is 0.414 e. The van der Waals surface area contributed by atoms with Crippen LogP contribution in [0.25, 0.3) is 11.1 Å². The molecule has 212 valence electrons. The molecule has 1 aliphatic heterocycles. The van der Waals surface area contributed by atoms with Gasteiger partial charge in [0.15, 0.2) is 0 Å². The molecule has 4 aromatic rings. The molecule has 1 aliphatic carbocycles. The van der Waals surface area contributed by atoms with E-state index in [4.69, 9.17) is 0 Å². The van der Waals surface area contributed by atoms with Crippen LogP contribution < -0.4 is 15.5 Å². The fourth-order valence-electron chi connectivity index (χ4n) is 6.06. The molecule has 0 spiro atoms. The van der Waals surface area contributed by atoms with Crippen molar-refractivity contribution in [3.05, 3.63) is 129 Å². The lowest BCUT2D eigenvalue weighted by Crippen LogP contribution is -2.56. The highest BCUT2D eigenvalue weighted by Gasteiger charge is 2.39. The first-order valence-electron chi connectivity index (χ1n) is 14.7. The van der Waals surface area contributed by atoms with Crippen molar-refractivity contribution < 1.29 is 0 Å². The summed E-state index contributed by atoms with van der Waals surface area (Å²) in [6.45, 7) is 13.5. The van der Waals surface area contributed by atoms with E-state index < -0.39 is 0 Å². The zero-order chi connectivity index (χ0) is 29.8. The molecule has 1 N–H and O–H groups in total. The first kappa shape index (κ1) is 29.1. The predicted molar refractivity (Wildman–Crippen MR) is 190 cm³/mol. The third-order valence-electron chi connectivity index (χ3n) is 8.41. The summed E-state index contributed by atoms with van der Waals surface area (Å²) in [6.07, 6.45) is 6.74. The summed E-state index contributed by atoms with van der Waals surface area (Å²) in [4.78, 5) is 2.48. The predicted octanol–water partition coefficient (Wildman–Crippen LogP) is 10.6. The van der Waals surface area contributed by atoms with E-state index in [1.165, 1.54) is 39.0 Å². The van der Waals surface area contributed by atoms with E-state index in [1.807, 2.05) is 0 Å². The SMILES string of the molecule is CC(C)(C)c1ccc(NB2c3c(cccc3C3C=CC(Br)=C3)-c3cc(Br)ccc3N2c2ccc(C(C)(C)C)cc2)cc1. The standard InChI is InChI=1S/C37H37BBr2N2/c1-36(2,3)25-11-17-29(18-12-25)41-38-35-31(24-10-15-27(39)22-24)8-7-9-32(35)33-23-28(40)16-21-34(33)42(38)30-19-13-26(14-20-30)37(4,5)6/h7-24,41H,1-6H3. The van der Waals surface area contributed by atoms with Crippen LogP contribution in [0.3, 0.4) is 0 Å². The van der Waals surface area contributed by atoms with E-state index in [-0.39, 0.29) is 23.7 Å². The third-order valence-corrected chi connectivity index (χ3v) is 9.43. The van der Waals surface area contributed by atoms with Crippen LogP contribution in [-0.2, 0) is 10.8 Å². The minimum atomic E-state index is -0.118. The minimum absolute atomic E-state index is 0.0873. The molecule has 0 amide bonds. The minimum Gasteiger partial charge on any atom is -0.405 e. The van der Waals surface area contributed by atoms with Gasteiger partial charge >= 0.3 is 6.98 Å². The van der Waals surface area contributed by atoms with Gasteiger partial charge in [0.05, 0.1) is 0 Å². The van der Waals surface area contributed by atoms with Crippen molar-refractivity contribution in [2.45, 2.75) is 58.3 Å². The van der Waals surface area contributed by atoms with Crippen molar-refractivity contribution in [2.24, 2.45) is 0 Å². The van der Waals surface area contributed by atoms with Crippen LogP contribution in [-0.4, -0.2) is 6.98 Å². The van der Waals surface area contributed by atoms with Crippen molar-refractivity contribution in [1.82, 2.24) is 0 Å². The third kappa shape index (κ3) is 5.54. The van der Waals surface area contributed by atoms with Crippen LogP contribution in [0.5, 0.6) is 0 Å². The summed E-state index contributed by atoms with van der Waals surface area (Å²) in [7, 11) is 0. The van der Waals surface area contributed by atoms with Crippen LogP contribution in [0.15, 0.2) is 112 Å². The molecule has 0 saturated heterocycles. The molecule has 1 heterocycles. The van der Waals surface area contributed by atoms with Crippen molar-refractivity contribution in [3.8, 4) is 11.1 Å². The van der Waals surface area contributed by atoms with Gasteiger partial charge in [-0.15, -0.1) is 0 Å². The number of allylic oxidation sites excluding steroid dienone is 4. The molecule has 0 bridgehead atoms. The molecule has 5 heteroatoms. The molecule has 6 rings (SSSR count). The molecule has 0 aromatic heterocycles.